The van der Waals surface area contributed by atoms with Crippen molar-refractivity contribution in [2.45, 2.75) is 31.8 Å². The Labute approximate surface area is 69.3 Å². The molecule has 1 aliphatic rings. The second kappa shape index (κ2) is 2.94. The number of rotatable bonds is 4. The number of hydrogen-bond donors (Lipinski definition) is 0. The normalized spacial score (nSPS) is 20.2. The molecule has 0 aromatic carbocycles. The van der Waals surface area contributed by atoms with Crippen molar-refractivity contribution in [3.63, 3.8) is 0 Å². The van der Waals surface area contributed by atoms with Crippen LogP contribution in [-0.2, 0) is 0 Å². The quantitative estimate of drug-likeness (QED) is 0.531. The standard InChI is InChI=1S/C6H11IN2/c1-2-3-6(4-5-7)8-9-6/h2-5H2,1H3. The van der Waals surface area contributed by atoms with Crippen LogP contribution in [0.2, 0.25) is 0 Å². The zero-order valence-electron chi connectivity index (χ0n) is 5.60. The lowest BCUT2D eigenvalue weighted by Gasteiger charge is -2.04. The summed E-state index contributed by atoms with van der Waals surface area (Å²) in [7, 11) is 0. The summed E-state index contributed by atoms with van der Waals surface area (Å²) < 4.78 is 1.17. The summed E-state index contributed by atoms with van der Waals surface area (Å²) in [5, 5.41) is 8.07. The highest BCUT2D eigenvalue weighted by Crippen LogP contribution is 2.36. The summed E-state index contributed by atoms with van der Waals surface area (Å²) in [4.78, 5) is 0. The fourth-order valence-electron chi connectivity index (χ4n) is 0.947. The summed E-state index contributed by atoms with van der Waals surface area (Å²) in [6.07, 6.45) is 3.49. The van der Waals surface area contributed by atoms with Crippen LogP contribution in [0, 0.1) is 0 Å². The predicted molar refractivity (Wildman–Crippen MR) is 46.0 cm³/mol. The van der Waals surface area contributed by atoms with Crippen molar-refractivity contribution >= 4 is 22.6 Å². The van der Waals surface area contributed by atoms with Crippen molar-refractivity contribution in [2.75, 3.05) is 4.43 Å². The second-order valence-corrected chi connectivity index (χ2v) is 3.45. The van der Waals surface area contributed by atoms with Gasteiger partial charge in [0.1, 0.15) is 0 Å². The minimum absolute atomic E-state index is 0.0932. The zero-order valence-corrected chi connectivity index (χ0v) is 7.76. The molecular formula is C6H11IN2. The van der Waals surface area contributed by atoms with E-state index in [9.17, 15) is 0 Å². The maximum Gasteiger partial charge on any atom is 0.191 e. The van der Waals surface area contributed by atoms with Crippen LogP contribution in [0.3, 0.4) is 0 Å². The smallest absolute Gasteiger partial charge is 0.159 e. The first-order valence-corrected chi connectivity index (χ1v) is 4.85. The summed E-state index contributed by atoms with van der Waals surface area (Å²) in [6.45, 7) is 2.18. The molecule has 0 radical (unpaired) electrons. The van der Waals surface area contributed by atoms with Crippen LogP contribution in [0.15, 0.2) is 10.2 Å². The molecule has 1 rings (SSSR count). The van der Waals surface area contributed by atoms with Gasteiger partial charge in [-0.2, -0.15) is 10.2 Å². The Morgan fingerprint density at radius 1 is 1.33 bits per heavy atom. The Hall–Kier alpha value is 0.330. The first-order chi connectivity index (χ1) is 4.33. The van der Waals surface area contributed by atoms with E-state index in [0.29, 0.717) is 0 Å². The van der Waals surface area contributed by atoms with Gasteiger partial charge in [-0.3, -0.25) is 0 Å². The first-order valence-electron chi connectivity index (χ1n) is 3.33. The van der Waals surface area contributed by atoms with Crippen molar-refractivity contribution in [3.05, 3.63) is 0 Å². The van der Waals surface area contributed by atoms with Crippen LogP contribution in [0.1, 0.15) is 26.2 Å². The van der Waals surface area contributed by atoms with Gasteiger partial charge >= 0.3 is 0 Å². The molecule has 0 aromatic heterocycles. The molecule has 0 fully saturated rings. The van der Waals surface area contributed by atoms with E-state index >= 15 is 0 Å². The Kier molecular flexibility index (Phi) is 2.43. The molecule has 0 unspecified atom stereocenters. The topological polar surface area (TPSA) is 24.7 Å². The molecule has 9 heavy (non-hydrogen) atoms. The molecule has 0 aliphatic carbocycles. The molecule has 0 atom stereocenters. The molecule has 52 valence electrons. The molecule has 2 nitrogen and oxygen atoms in total. The van der Waals surface area contributed by atoms with Crippen LogP contribution >= 0.6 is 22.6 Å². The highest BCUT2D eigenvalue weighted by atomic mass is 127. The van der Waals surface area contributed by atoms with Crippen molar-refractivity contribution in [1.82, 2.24) is 0 Å². The first kappa shape index (κ1) is 7.44. The van der Waals surface area contributed by atoms with Gasteiger partial charge in [0.15, 0.2) is 5.66 Å². The summed E-state index contributed by atoms with van der Waals surface area (Å²) in [5.41, 5.74) is 0.0932. The molecule has 3 heteroatoms. The minimum atomic E-state index is 0.0932. The largest absolute Gasteiger partial charge is 0.191 e. The van der Waals surface area contributed by atoms with Gasteiger partial charge in [0.25, 0.3) is 0 Å². The summed E-state index contributed by atoms with van der Waals surface area (Å²) in [5.74, 6) is 0. The lowest BCUT2D eigenvalue weighted by atomic mass is 10.1. The minimum Gasteiger partial charge on any atom is -0.159 e. The van der Waals surface area contributed by atoms with E-state index in [1.54, 1.807) is 0 Å². The van der Waals surface area contributed by atoms with E-state index in [1.165, 1.54) is 10.8 Å². The Balaban J connectivity index is 2.18. The predicted octanol–water partition coefficient (Wildman–Crippen LogP) is 2.77. The third-order valence-corrected chi connectivity index (χ3v) is 2.07. The molecule has 0 amide bonds. The monoisotopic (exact) mass is 238 g/mol. The number of halogens is 1. The van der Waals surface area contributed by atoms with E-state index < -0.39 is 0 Å². The van der Waals surface area contributed by atoms with Gasteiger partial charge < -0.3 is 0 Å². The van der Waals surface area contributed by atoms with E-state index in [-0.39, 0.29) is 5.66 Å². The van der Waals surface area contributed by atoms with Crippen LogP contribution in [0.5, 0.6) is 0 Å². The molecular weight excluding hydrogens is 227 g/mol. The van der Waals surface area contributed by atoms with E-state index in [2.05, 4.69) is 39.7 Å². The van der Waals surface area contributed by atoms with E-state index in [0.717, 1.165) is 12.8 Å². The van der Waals surface area contributed by atoms with Crippen LogP contribution < -0.4 is 0 Å². The van der Waals surface area contributed by atoms with Crippen molar-refractivity contribution in [2.24, 2.45) is 10.2 Å². The highest BCUT2D eigenvalue weighted by molar-refractivity contribution is 14.1. The second-order valence-electron chi connectivity index (χ2n) is 2.37. The Morgan fingerprint density at radius 2 is 2.00 bits per heavy atom. The van der Waals surface area contributed by atoms with Crippen molar-refractivity contribution < 1.29 is 0 Å². The molecule has 0 saturated carbocycles. The lowest BCUT2D eigenvalue weighted by Crippen LogP contribution is -2.09. The van der Waals surface area contributed by atoms with E-state index in [4.69, 9.17) is 0 Å². The fourth-order valence-corrected chi connectivity index (χ4v) is 1.81. The highest BCUT2D eigenvalue weighted by Gasteiger charge is 2.37. The van der Waals surface area contributed by atoms with Crippen molar-refractivity contribution in [3.8, 4) is 0 Å². The Morgan fingerprint density at radius 3 is 2.33 bits per heavy atom. The number of alkyl halides is 1. The summed E-state index contributed by atoms with van der Waals surface area (Å²) >= 11 is 2.37. The molecule has 1 heterocycles. The number of nitrogens with zero attached hydrogens (tertiary/aromatic N) is 2. The van der Waals surface area contributed by atoms with Gasteiger partial charge in [-0.25, -0.2) is 0 Å². The molecule has 0 bridgehead atoms. The van der Waals surface area contributed by atoms with Gasteiger partial charge in [0.05, 0.1) is 0 Å². The van der Waals surface area contributed by atoms with Gasteiger partial charge in [0, 0.05) is 10.8 Å². The third kappa shape index (κ3) is 1.88. The summed E-state index contributed by atoms with van der Waals surface area (Å²) in [6, 6.07) is 0. The average Bonchev–Trinajstić information content (AvgIpc) is 2.51. The molecule has 0 aromatic rings. The zero-order chi connectivity index (χ0) is 6.74. The number of hydrogen-bond acceptors (Lipinski definition) is 2. The fraction of sp³-hybridized carbons (Fsp3) is 1.00. The van der Waals surface area contributed by atoms with Crippen LogP contribution in [-0.4, -0.2) is 10.1 Å². The maximum absolute atomic E-state index is 4.03. The van der Waals surface area contributed by atoms with Gasteiger partial charge in [-0.05, 0) is 6.42 Å². The average molecular weight is 238 g/mol. The van der Waals surface area contributed by atoms with E-state index in [1.807, 2.05) is 0 Å². The van der Waals surface area contributed by atoms with Gasteiger partial charge in [0.2, 0.25) is 0 Å². The maximum atomic E-state index is 4.03. The van der Waals surface area contributed by atoms with Crippen LogP contribution in [0.25, 0.3) is 0 Å². The van der Waals surface area contributed by atoms with Gasteiger partial charge in [-0.1, -0.05) is 35.9 Å². The third-order valence-electron chi connectivity index (χ3n) is 1.53. The van der Waals surface area contributed by atoms with Crippen LogP contribution in [0.4, 0.5) is 0 Å². The van der Waals surface area contributed by atoms with Gasteiger partial charge in [-0.15, -0.1) is 0 Å². The van der Waals surface area contributed by atoms with Crippen molar-refractivity contribution in [1.29, 1.82) is 0 Å². The molecule has 0 saturated heterocycles. The SMILES string of the molecule is CCCC1(CCI)N=N1. The Bertz CT molecular complexity index is 108. The molecule has 1 aliphatic heterocycles. The lowest BCUT2D eigenvalue weighted by molar-refractivity contribution is 0.530. The molecule has 0 spiro atoms. The molecule has 0 N–H and O–H groups in total.